The summed E-state index contributed by atoms with van der Waals surface area (Å²) in [5, 5.41) is 6.33. The zero-order chi connectivity index (χ0) is 13.5. The van der Waals surface area contributed by atoms with Gasteiger partial charge in [-0.05, 0) is 43.4 Å². The highest BCUT2D eigenvalue weighted by Gasteiger charge is 2.19. The predicted octanol–water partition coefficient (Wildman–Crippen LogP) is 2.33. The first-order valence-electron chi connectivity index (χ1n) is 7.36. The second kappa shape index (κ2) is 8.98. The number of piperidine rings is 1. The molecule has 0 spiro atoms. The van der Waals surface area contributed by atoms with Crippen LogP contribution in [0.1, 0.15) is 30.9 Å². The molecule has 2 rings (SSSR count). The molecule has 1 aliphatic rings. The molecule has 0 saturated carbocycles. The molecular weight excluding hydrogens is 272 g/mol. The molecule has 1 aliphatic heterocycles. The van der Waals surface area contributed by atoms with Crippen LogP contribution in [0, 0.1) is 5.92 Å². The van der Waals surface area contributed by atoms with Crippen LogP contribution >= 0.6 is 12.4 Å². The van der Waals surface area contributed by atoms with E-state index in [0.29, 0.717) is 0 Å². The molecular formula is C16H25ClN2O. The van der Waals surface area contributed by atoms with Gasteiger partial charge in [-0.3, -0.25) is 4.79 Å². The first-order chi connectivity index (χ1) is 9.29. The van der Waals surface area contributed by atoms with Gasteiger partial charge in [-0.25, -0.2) is 0 Å². The van der Waals surface area contributed by atoms with Gasteiger partial charge in [0.05, 0.1) is 5.92 Å². The van der Waals surface area contributed by atoms with E-state index in [-0.39, 0.29) is 24.2 Å². The fraction of sp³-hybridized carbons (Fsp3) is 0.562. The van der Waals surface area contributed by atoms with Crippen LogP contribution in [0.2, 0.25) is 0 Å². The summed E-state index contributed by atoms with van der Waals surface area (Å²) in [5.41, 5.74) is 2.65. The minimum Gasteiger partial charge on any atom is -0.355 e. The predicted molar refractivity (Wildman–Crippen MR) is 85.4 cm³/mol. The number of halogens is 1. The van der Waals surface area contributed by atoms with Crippen LogP contribution in [0.5, 0.6) is 0 Å². The lowest BCUT2D eigenvalue weighted by Gasteiger charge is -2.21. The van der Waals surface area contributed by atoms with Crippen molar-refractivity contribution in [2.75, 3.05) is 19.6 Å². The van der Waals surface area contributed by atoms with Gasteiger partial charge in [0, 0.05) is 13.1 Å². The third kappa shape index (κ3) is 5.14. The van der Waals surface area contributed by atoms with E-state index >= 15 is 0 Å². The number of carbonyl (C=O) groups excluding carboxylic acids is 1. The van der Waals surface area contributed by atoms with Crippen molar-refractivity contribution in [3.63, 3.8) is 0 Å². The third-order valence-electron chi connectivity index (χ3n) is 3.81. The van der Waals surface area contributed by atoms with Gasteiger partial charge >= 0.3 is 0 Å². The number of hydrogen-bond donors (Lipinski definition) is 2. The van der Waals surface area contributed by atoms with Crippen LogP contribution in [-0.4, -0.2) is 25.5 Å². The van der Waals surface area contributed by atoms with Gasteiger partial charge < -0.3 is 10.6 Å². The standard InChI is InChI=1S/C16H24N2O.ClH/c1-2-13-5-7-14(8-6-13)9-11-18-16(19)15-4-3-10-17-12-15;/h5-8,15,17H,2-4,9-12H2,1H3,(H,18,19);1H. The Balaban J connectivity index is 0.00000200. The van der Waals surface area contributed by atoms with Gasteiger partial charge in [0.2, 0.25) is 5.91 Å². The van der Waals surface area contributed by atoms with Crippen LogP contribution in [0.15, 0.2) is 24.3 Å². The summed E-state index contributed by atoms with van der Waals surface area (Å²) >= 11 is 0. The lowest BCUT2D eigenvalue weighted by molar-refractivity contribution is -0.125. The lowest BCUT2D eigenvalue weighted by atomic mass is 9.99. The first-order valence-corrected chi connectivity index (χ1v) is 7.36. The van der Waals surface area contributed by atoms with E-state index in [1.807, 2.05) is 0 Å². The summed E-state index contributed by atoms with van der Waals surface area (Å²) < 4.78 is 0. The van der Waals surface area contributed by atoms with Gasteiger partial charge in [-0.2, -0.15) is 0 Å². The van der Waals surface area contributed by atoms with Crippen molar-refractivity contribution in [2.24, 2.45) is 5.92 Å². The highest BCUT2D eigenvalue weighted by molar-refractivity contribution is 5.85. The Morgan fingerprint density at radius 1 is 1.30 bits per heavy atom. The van der Waals surface area contributed by atoms with Crippen LogP contribution in [0.3, 0.4) is 0 Å². The number of benzene rings is 1. The van der Waals surface area contributed by atoms with Gasteiger partial charge in [0.25, 0.3) is 0 Å². The Bertz CT molecular complexity index is 399. The fourth-order valence-corrected chi connectivity index (χ4v) is 2.49. The fourth-order valence-electron chi connectivity index (χ4n) is 2.49. The molecule has 1 unspecified atom stereocenters. The highest BCUT2D eigenvalue weighted by atomic mass is 35.5. The Morgan fingerprint density at radius 2 is 2.00 bits per heavy atom. The average molecular weight is 297 g/mol. The highest BCUT2D eigenvalue weighted by Crippen LogP contribution is 2.10. The van der Waals surface area contributed by atoms with Crippen LogP contribution < -0.4 is 10.6 Å². The molecule has 4 heteroatoms. The average Bonchev–Trinajstić information content (AvgIpc) is 2.49. The van der Waals surface area contributed by atoms with E-state index in [9.17, 15) is 4.79 Å². The number of rotatable bonds is 5. The summed E-state index contributed by atoms with van der Waals surface area (Å²) in [7, 11) is 0. The number of amides is 1. The van der Waals surface area contributed by atoms with E-state index in [1.165, 1.54) is 11.1 Å². The van der Waals surface area contributed by atoms with Crippen LogP contribution in [0.4, 0.5) is 0 Å². The minimum absolute atomic E-state index is 0. The second-order valence-corrected chi connectivity index (χ2v) is 5.25. The maximum Gasteiger partial charge on any atom is 0.224 e. The topological polar surface area (TPSA) is 41.1 Å². The summed E-state index contributed by atoms with van der Waals surface area (Å²) in [6.07, 6.45) is 4.11. The molecule has 20 heavy (non-hydrogen) atoms. The van der Waals surface area contributed by atoms with Gasteiger partial charge in [-0.15, -0.1) is 12.4 Å². The molecule has 3 nitrogen and oxygen atoms in total. The van der Waals surface area contributed by atoms with Crippen LogP contribution in [-0.2, 0) is 17.6 Å². The maximum absolute atomic E-state index is 11.9. The van der Waals surface area contributed by atoms with Crippen LogP contribution in [0.25, 0.3) is 0 Å². The SMILES string of the molecule is CCc1ccc(CCNC(=O)C2CCCNC2)cc1.Cl. The third-order valence-corrected chi connectivity index (χ3v) is 3.81. The van der Waals surface area contributed by atoms with Gasteiger partial charge in [0.1, 0.15) is 0 Å². The molecule has 0 radical (unpaired) electrons. The molecule has 1 aromatic rings. The normalized spacial score (nSPS) is 18.1. The maximum atomic E-state index is 11.9. The van der Waals surface area contributed by atoms with E-state index < -0.39 is 0 Å². The molecule has 1 amide bonds. The van der Waals surface area contributed by atoms with Crippen molar-refractivity contribution in [1.29, 1.82) is 0 Å². The summed E-state index contributed by atoms with van der Waals surface area (Å²) in [6, 6.07) is 8.66. The Labute approximate surface area is 127 Å². The molecule has 112 valence electrons. The summed E-state index contributed by atoms with van der Waals surface area (Å²) in [4.78, 5) is 11.9. The molecule has 1 fully saturated rings. The molecule has 1 saturated heterocycles. The lowest BCUT2D eigenvalue weighted by Crippen LogP contribution is -2.41. The molecule has 0 aromatic heterocycles. The number of nitrogens with one attached hydrogen (secondary N) is 2. The molecule has 0 aliphatic carbocycles. The molecule has 0 bridgehead atoms. The Morgan fingerprint density at radius 3 is 2.60 bits per heavy atom. The molecule has 2 N–H and O–H groups in total. The van der Waals surface area contributed by atoms with E-state index in [0.717, 1.165) is 45.3 Å². The van der Waals surface area contributed by atoms with E-state index in [2.05, 4.69) is 41.8 Å². The number of aryl methyl sites for hydroxylation is 1. The Hall–Kier alpha value is -1.06. The van der Waals surface area contributed by atoms with E-state index in [4.69, 9.17) is 0 Å². The molecule has 1 aromatic carbocycles. The van der Waals surface area contributed by atoms with Crippen molar-refractivity contribution in [1.82, 2.24) is 10.6 Å². The number of hydrogen-bond acceptors (Lipinski definition) is 2. The van der Waals surface area contributed by atoms with E-state index in [1.54, 1.807) is 0 Å². The van der Waals surface area contributed by atoms with Crippen molar-refractivity contribution < 1.29 is 4.79 Å². The zero-order valence-electron chi connectivity index (χ0n) is 12.2. The number of carbonyl (C=O) groups is 1. The minimum atomic E-state index is 0. The zero-order valence-corrected chi connectivity index (χ0v) is 13.0. The van der Waals surface area contributed by atoms with Gasteiger partial charge in [-0.1, -0.05) is 31.2 Å². The monoisotopic (exact) mass is 296 g/mol. The van der Waals surface area contributed by atoms with Crippen molar-refractivity contribution in [2.45, 2.75) is 32.6 Å². The summed E-state index contributed by atoms with van der Waals surface area (Å²) in [5.74, 6) is 0.369. The van der Waals surface area contributed by atoms with Gasteiger partial charge in [0.15, 0.2) is 0 Å². The van der Waals surface area contributed by atoms with Crippen molar-refractivity contribution >= 4 is 18.3 Å². The largest absolute Gasteiger partial charge is 0.355 e. The Kier molecular flexibility index (Phi) is 7.63. The summed E-state index contributed by atoms with van der Waals surface area (Å²) in [6.45, 7) is 4.78. The van der Waals surface area contributed by atoms with Crippen molar-refractivity contribution in [3.05, 3.63) is 35.4 Å². The quantitative estimate of drug-likeness (QED) is 0.875. The first kappa shape index (κ1) is 17.0. The second-order valence-electron chi connectivity index (χ2n) is 5.25. The van der Waals surface area contributed by atoms with Crippen molar-refractivity contribution in [3.8, 4) is 0 Å². The molecule has 1 heterocycles. The smallest absolute Gasteiger partial charge is 0.224 e. The molecule has 1 atom stereocenters.